The number of aromatic nitrogens is 2. The van der Waals surface area contributed by atoms with Crippen molar-refractivity contribution in [3.8, 4) is 0 Å². The molecule has 104 valence electrons. The molecule has 1 heterocycles. The molecule has 1 unspecified atom stereocenters. The quantitative estimate of drug-likeness (QED) is 0.765. The topological polar surface area (TPSA) is 30.3 Å². The molecule has 1 rings (SSSR count). The van der Waals surface area contributed by atoms with E-state index in [-0.39, 0.29) is 0 Å². The molecule has 4 nitrogen and oxygen atoms in total. The number of halogens is 1. The fourth-order valence-electron chi connectivity index (χ4n) is 1.98. The van der Waals surface area contributed by atoms with Crippen LogP contribution >= 0.6 is 11.6 Å². The molecule has 0 spiro atoms. The Kier molecular flexibility index (Phi) is 6.12. The number of ether oxygens (including phenoxy) is 1. The minimum Gasteiger partial charge on any atom is -0.383 e. The second-order valence-electron chi connectivity index (χ2n) is 4.70. The number of nitrogens with zero attached hydrogens (tertiary/aromatic N) is 3. The highest BCUT2D eigenvalue weighted by Gasteiger charge is 2.18. The number of hydrogen-bond acceptors (Lipinski definition) is 3. The van der Waals surface area contributed by atoms with Gasteiger partial charge in [-0.1, -0.05) is 18.5 Å². The number of methoxy groups -OCH3 is 1. The van der Waals surface area contributed by atoms with Crippen LogP contribution in [0.5, 0.6) is 0 Å². The molecule has 0 bridgehead atoms. The van der Waals surface area contributed by atoms with E-state index in [1.807, 2.05) is 14.0 Å². The molecule has 0 aliphatic carbocycles. The van der Waals surface area contributed by atoms with Gasteiger partial charge < -0.3 is 4.74 Å². The average Bonchev–Trinajstić information content (AvgIpc) is 2.59. The molecule has 0 aliphatic heterocycles. The normalized spacial score (nSPS) is 13.3. The molecule has 0 N–H and O–H groups in total. The van der Waals surface area contributed by atoms with Gasteiger partial charge in [0.05, 0.1) is 12.3 Å². The number of aryl methyl sites for hydroxylation is 2. The summed E-state index contributed by atoms with van der Waals surface area (Å²) in [7, 11) is 3.61. The summed E-state index contributed by atoms with van der Waals surface area (Å²) in [5, 5.41) is 5.09. The van der Waals surface area contributed by atoms with E-state index in [1.54, 1.807) is 11.8 Å². The summed E-state index contributed by atoms with van der Waals surface area (Å²) in [6, 6.07) is 0.510. The third-order valence-electron chi connectivity index (χ3n) is 3.43. The number of hydrogen-bond donors (Lipinski definition) is 0. The fraction of sp³-hybridized carbons (Fsp3) is 0.769. The highest BCUT2D eigenvalue weighted by Crippen LogP contribution is 2.21. The van der Waals surface area contributed by atoms with Gasteiger partial charge in [0.15, 0.2) is 0 Å². The minimum atomic E-state index is 0.510. The van der Waals surface area contributed by atoms with E-state index < -0.39 is 0 Å². The SMILES string of the molecule is CCC(C)N(CCOC)Cc1c(C)nn(C)c1Cl. The second-order valence-corrected chi connectivity index (χ2v) is 5.06. The summed E-state index contributed by atoms with van der Waals surface area (Å²) < 4.78 is 6.91. The van der Waals surface area contributed by atoms with Crippen LogP contribution in [0.2, 0.25) is 5.15 Å². The Morgan fingerprint density at radius 2 is 2.17 bits per heavy atom. The Bertz CT molecular complexity index is 379. The van der Waals surface area contributed by atoms with Gasteiger partial charge in [-0.25, -0.2) is 0 Å². The summed E-state index contributed by atoms with van der Waals surface area (Å²) in [6.07, 6.45) is 1.11. The van der Waals surface area contributed by atoms with E-state index in [9.17, 15) is 0 Å². The van der Waals surface area contributed by atoms with E-state index in [0.717, 1.165) is 42.5 Å². The summed E-state index contributed by atoms with van der Waals surface area (Å²) in [6.45, 7) is 8.91. The van der Waals surface area contributed by atoms with Gasteiger partial charge in [-0.3, -0.25) is 9.58 Å². The fourth-order valence-corrected chi connectivity index (χ4v) is 2.21. The maximum absolute atomic E-state index is 6.28. The lowest BCUT2D eigenvalue weighted by atomic mass is 10.1. The van der Waals surface area contributed by atoms with Crippen LogP contribution in [0, 0.1) is 6.92 Å². The molecule has 1 aromatic heterocycles. The van der Waals surface area contributed by atoms with E-state index >= 15 is 0 Å². The first-order chi connectivity index (χ1) is 8.51. The summed E-state index contributed by atoms with van der Waals surface area (Å²) in [5.41, 5.74) is 2.13. The molecule has 0 aliphatic rings. The van der Waals surface area contributed by atoms with Crippen LogP contribution in [0.3, 0.4) is 0 Å². The largest absolute Gasteiger partial charge is 0.383 e. The first-order valence-corrected chi connectivity index (χ1v) is 6.80. The van der Waals surface area contributed by atoms with Gasteiger partial charge in [0.2, 0.25) is 0 Å². The van der Waals surface area contributed by atoms with Crippen LogP contribution in [0.4, 0.5) is 0 Å². The van der Waals surface area contributed by atoms with Gasteiger partial charge >= 0.3 is 0 Å². The van der Waals surface area contributed by atoms with Gasteiger partial charge in [-0.15, -0.1) is 0 Å². The molecule has 18 heavy (non-hydrogen) atoms. The van der Waals surface area contributed by atoms with Gasteiger partial charge in [0.25, 0.3) is 0 Å². The lowest BCUT2D eigenvalue weighted by Crippen LogP contribution is -2.35. The Morgan fingerprint density at radius 1 is 1.50 bits per heavy atom. The first kappa shape index (κ1) is 15.5. The molecule has 1 atom stereocenters. The van der Waals surface area contributed by atoms with Gasteiger partial charge in [0.1, 0.15) is 5.15 Å². The average molecular weight is 274 g/mol. The molecular formula is C13H24ClN3O. The maximum Gasteiger partial charge on any atom is 0.131 e. The van der Waals surface area contributed by atoms with Crippen molar-refractivity contribution in [2.75, 3.05) is 20.3 Å². The van der Waals surface area contributed by atoms with Crippen molar-refractivity contribution < 1.29 is 4.74 Å². The van der Waals surface area contributed by atoms with E-state index in [0.29, 0.717) is 6.04 Å². The minimum absolute atomic E-state index is 0.510. The third-order valence-corrected chi connectivity index (χ3v) is 3.90. The van der Waals surface area contributed by atoms with Crippen molar-refractivity contribution in [3.05, 3.63) is 16.4 Å². The molecule has 0 aromatic carbocycles. The molecule has 0 saturated heterocycles. The smallest absolute Gasteiger partial charge is 0.131 e. The summed E-state index contributed by atoms with van der Waals surface area (Å²) >= 11 is 6.28. The van der Waals surface area contributed by atoms with Crippen LogP contribution < -0.4 is 0 Å². The molecule has 0 fully saturated rings. The standard InChI is InChI=1S/C13H24ClN3O/c1-6-10(2)17(7-8-18-5)9-12-11(3)15-16(4)13(12)14/h10H,6-9H2,1-5H3. The molecule has 0 radical (unpaired) electrons. The molecule has 1 aromatic rings. The highest BCUT2D eigenvalue weighted by molar-refractivity contribution is 6.30. The van der Waals surface area contributed by atoms with E-state index in [2.05, 4.69) is 23.8 Å². The van der Waals surface area contributed by atoms with Crippen molar-refractivity contribution in [1.82, 2.24) is 14.7 Å². The van der Waals surface area contributed by atoms with E-state index in [1.165, 1.54) is 0 Å². The second kappa shape index (κ2) is 7.12. The van der Waals surface area contributed by atoms with Crippen molar-refractivity contribution in [2.45, 2.75) is 39.8 Å². The first-order valence-electron chi connectivity index (χ1n) is 6.42. The van der Waals surface area contributed by atoms with Crippen LogP contribution in [-0.4, -0.2) is 41.0 Å². The molecular weight excluding hydrogens is 250 g/mol. The molecule has 0 saturated carbocycles. The van der Waals surface area contributed by atoms with Gasteiger partial charge in [-0.05, 0) is 20.3 Å². The lowest BCUT2D eigenvalue weighted by Gasteiger charge is -2.28. The monoisotopic (exact) mass is 273 g/mol. The zero-order chi connectivity index (χ0) is 13.7. The van der Waals surface area contributed by atoms with Gasteiger partial charge in [0, 0.05) is 38.9 Å². The van der Waals surface area contributed by atoms with E-state index in [4.69, 9.17) is 16.3 Å². The zero-order valence-electron chi connectivity index (χ0n) is 12.0. The van der Waals surface area contributed by atoms with Crippen LogP contribution in [0.25, 0.3) is 0 Å². The van der Waals surface area contributed by atoms with Crippen molar-refractivity contribution in [2.24, 2.45) is 7.05 Å². The van der Waals surface area contributed by atoms with Gasteiger partial charge in [-0.2, -0.15) is 5.10 Å². The van der Waals surface area contributed by atoms with Crippen LogP contribution in [0.1, 0.15) is 31.5 Å². The number of rotatable bonds is 7. The van der Waals surface area contributed by atoms with Crippen molar-refractivity contribution in [1.29, 1.82) is 0 Å². The highest BCUT2D eigenvalue weighted by atomic mass is 35.5. The summed E-state index contributed by atoms with van der Waals surface area (Å²) in [4.78, 5) is 2.39. The van der Waals surface area contributed by atoms with Crippen molar-refractivity contribution >= 4 is 11.6 Å². The Labute approximate surface area is 115 Å². The Hall–Kier alpha value is -0.580. The van der Waals surface area contributed by atoms with Crippen molar-refractivity contribution in [3.63, 3.8) is 0 Å². The Balaban J connectivity index is 2.81. The summed E-state index contributed by atoms with van der Waals surface area (Å²) in [5.74, 6) is 0. The predicted molar refractivity (Wildman–Crippen MR) is 75.0 cm³/mol. The van der Waals surface area contributed by atoms with Crippen LogP contribution in [-0.2, 0) is 18.3 Å². The third kappa shape index (κ3) is 3.70. The molecule has 0 amide bonds. The zero-order valence-corrected chi connectivity index (χ0v) is 12.8. The Morgan fingerprint density at radius 3 is 2.61 bits per heavy atom. The lowest BCUT2D eigenvalue weighted by molar-refractivity contribution is 0.118. The van der Waals surface area contributed by atoms with Crippen LogP contribution in [0.15, 0.2) is 0 Å². The molecule has 5 heteroatoms. The predicted octanol–water partition coefficient (Wildman–Crippen LogP) is 2.63. The maximum atomic E-state index is 6.28.